The summed E-state index contributed by atoms with van der Waals surface area (Å²) in [6.07, 6.45) is 0.974. The van der Waals surface area contributed by atoms with Gasteiger partial charge in [-0.2, -0.15) is 0 Å². The van der Waals surface area contributed by atoms with E-state index in [9.17, 15) is 0 Å². The largest absolute Gasteiger partial charge is 0.483 e. The molecule has 1 radical (unpaired) electrons. The third-order valence-electron chi connectivity index (χ3n) is 2.01. The van der Waals surface area contributed by atoms with E-state index in [-0.39, 0.29) is 5.41 Å². The molecule has 0 atom stereocenters. The fourth-order valence-corrected chi connectivity index (χ4v) is 1.40. The average Bonchev–Trinajstić information content (AvgIpc) is 2.01. The van der Waals surface area contributed by atoms with E-state index in [1.54, 1.807) is 0 Å². The van der Waals surface area contributed by atoms with Crippen LogP contribution in [0.5, 0.6) is 5.75 Å². The fraction of sp³-hybridized carbons (Fsp3) is 0.462. The Balaban J connectivity index is 3.04. The number of para-hydroxylation sites is 1. The molecule has 0 spiro atoms. The number of rotatable bonds is 2. The van der Waals surface area contributed by atoms with Crippen LogP contribution in [0, 0.1) is 6.10 Å². The Hall–Kier alpha value is -0.980. The van der Waals surface area contributed by atoms with E-state index in [2.05, 4.69) is 32.9 Å². The Kier molecular flexibility index (Phi) is 3.20. The number of ether oxygens (including phenoxy) is 1. The summed E-state index contributed by atoms with van der Waals surface area (Å²) in [5, 5.41) is 0. The minimum Gasteiger partial charge on any atom is -0.483 e. The van der Waals surface area contributed by atoms with Crippen molar-refractivity contribution in [3.05, 3.63) is 35.9 Å². The van der Waals surface area contributed by atoms with E-state index in [1.807, 2.05) is 26.0 Å². The van der Waals surface area contributed by atoms with Gasteiger partial charge in [-0.1, -0.05) is 39.0 Å². The van der Waals surface area contributed by atoms with E-state index >= 15 is 0 Å². The Morgan fingerprint density at radius 3 is 2.14 bits per heavy atom. The maximum absolute atomic E-state index is 5.69. The van der Waals surface area contributed by atoms with Crippen LogP contribution in [0.2, 0.25) is 0 Å². The quantitative estimate of drug-likeness (QED) is 0.688. The van der Waals surface area contributed by atoms with Crippen molar-refractivity contribution >= 4 is 0 Å². The molecule has 0 heterocycles. The minimum absolute atomic E-state index is 0.131. The third-order valence-corrected chi connectivity index (χ3v) is 2.01. The first-order chi connectivity index (χ1) is 6.41. The Labute approximate surface area is 87.1 Å². The van der Waals surface area contributed by atoms with Crippen molar-refractivity contribution in [2.24, 2.45) is 0 Å². The van der Waals surface area contributed by atoms with E-state index in [1.165, 1.54) is 5.56 Å². The van der Waals surface area contributed by atoms with Crippen molar-refractivity contribution in [3.63, 3.8) is 0 Å². The van der Waals surface area contributed by atoms with Crippen LogP contribution in [-0.4, -0.2) is 0 Å². The predicted molar refractivity (Wildman–Crippen MR) is 60.4 cm³/mol. The van der Waals surface area contributed by atoms with E-state index in [4.69, 9.17) is 4.74 Å². The molecule has 1 rings (SSSR count). The van der Waals surface area contributed by atoms with Gasteiger partial charge >= 0.3 is 0 Å². The Morgan fingerprint density at radius 2 is 1.64 bits per heavy atom. The van der Waals surface area contributed by atoms with Gasteiger partial charge in [0.15, 0.2) is 0 Å². The lowest BCUT2D eigenvalue weighted by Crippen LogP contribution is -2.13. The summed E-state index contributed by atoms with van der Waals surface area (Å²) in [7, 11) is 0. The van der Waals surface area contributed by atoms with E-state index in [0.717, 1.165) is 11.9 Å². The van der Waals surface area contributed by atoms with Crippen molar-refractivity contribution in [2.75, 3.05) is 0 Å². The van der Waals surface area contributed by atoms with Gasteiger partial charge in [-0.05, 0) is 30.9 Å². The van der Waals surface area contributed by atoms with Gasteiger partial charge in [0.25, 0.3) is 0 Å². The van der Waals surface area contributed by atoms with Crippen LogP contribution in [0.15, 0.2) is 24.3 Å². The lowest BCUT2D eigenvalue weighted by molar-refractivity contribution is 0.335. The summed E-state index contributed by atoms with van der Waals surface area (Å²) in [5.74, 6) is 0.972. The molecule has 0 fully saturated rings. The zero-order valence-electron chi connectivity index (χ0n) is 9.72. The Morgan fingerprint density at radius 1 is 1.07 bits per heavy atom. The summed E-state index contributed by atoms with van der Waals surface area (Å²) in [6, 6.07) is 8.21. The van der Waals surface area contributed by atoms with Gasteiger partial charge in [0.2, 0.25) is 0 Å². The van der Waals surface area contributed by atoms with Gasteiger partial charge in [0, 0.05) is 0 Å². The van der Waals surface area contributed by atoms with Gasteiger partial charge in [0.1, 0.15) is 11.9 Å². The summed E-state index contributed by atoms with van der Waals surface area (Å²) < 4.78 is 5.69. The van der Waals surface area contributed by atoms with Gasteiger partial charge in [-0.15, -0.1) is 0 Å². The monoisotopic (exact) mass is 191 g/mol. The molecule has 0 bridgehead atoms. The van der Waals surface area contributed by atoms with Crippen molar-refractivity contribution in [2.45, 2.75) is 40.0 Å². The van der Waals surface area contributed by atoms with Gasteiger partial charge in [0.05, 0.1) is 0 Å². The average molecular weight is 191 g/mol. The number of benzene rings is 1. The topological polar surface area (TPSA) is 9.23 Å². The molecule has 77 valence electrons. The zero-order chi connectivity index (χ0) is 10.8. The highest BCUT2D eigenvalue weighted by Crippen LogP contribution is 2.32. The molecule has 14 heavy (non-hydrogen) atoms. The second-order valence-corrected chi connectivity index (χ2v) is 4.76. The molecule has 0 N–H and O–H groups in total. The highest BCUT2D eigenvalue weighted by atomic mass is 16.5. The van der Waals surface area contributed by atoms with Crippen molar-refractivity contribution in [1.29, 1.82) is 0 Å². The van der Waals surface area contributed by atoms with Crippen LogP contribution in [0.3, 0.4) is 0 Å². The number of hydrogen-bond donors (Lipinski definition) is 0. The molecule has 0 aromatic heterocycles. The molecular weight excluding hydrogens is 172 g/mol. The third kappa shape index (κ3) is 2.76. The molecule has 0 amide bonds. The molecular formula is C13H19O. The normalized spacial score (nSPS) is 11.9. The van der Waals surface area contributed by atoms with Crippen LogP contribution in [0.4, 0.5) is 0 Å². The van der Waals surface area contributed by atoms with Gasteiger partial charge in [-0.25, -0.2) is 0 Å². The van der Waals surface area contributed by atoms with Crippen LogP contribution in [-0.2, 0) is 5.41 Å². The second kappa shape index (κ2) is 4.04. The lowest BCUT2D eigenvalue weighted by Gasteiger charge is -2.23. The SMILES string of the molecule is C[C](C)Oc1ccccc1C(C)(C)C. The first-order valence-electron chi connectivity index (χ1n) is 4.99. The molecule has 1 aromatic rings. The molecule has 0 aliphatic carbocycles. The van der Waals surface area contributed by atoms with Gasteiger partial charge < -0.3 is 4.74 Å². The van der Waals surface area contributed by atoms with Crippen molar-refractivity contribution < 1.29 is 4.74 Å². The zero-order valence-corrected chi connectivity index (χ0v) is 9.72. The predicted octanol–water partition coefficient (Wildman–Crippen LogP) is 3.93. The van der Waals surface area contributed by atoms with Crippen LogP contribution in [0.25, 0.3) is 0 Å². The highest BCUT2D eigenvalue weighted by Gasteiger charge is 2.18. The van der Waals surface area contributed by atoms with E-state index < -0.39 is 0 Å². The molecule has 1 nitrogen and oxygen atoms in total. The van der Waals surface area contributed by atoms with Crippen molar-refractivity contribution in [1.82, 2.24) is 0 Å². The summed E-state index contributed by atoms with van der Waals surface area (Å²) >= 11 is 0. The Bertz CT molecular complexity index is 294. The van der Waals surface area contributed by atoms with Crippen LogP contribution in [0.1, 0.15) is 40.2 Å². The van der Waals surface area contributed by atoms with Gasteiger partial charge in [-0.3, -0.25) is 0 Å². The van der Waals surface area contributed by atoms with Crippen LogP contribution >= 0.6 is 0 Å². The molecule has 0 saturated heterocycles. The highest BCUT2D eigenvalue weighted by molar-refractivity contribution is 5.38. The standard InChI is InChI=1S/C13H19O/c1-10(2)14-12-9-7-6-8-11(12)13(3,4)5/h6-9H,1-5H3. The summed E-state index contributed by atoms with van der Waals surface area (Å²) in [4.78, 5) is 0. The fourth-order valence-electron chi connectivity index (χ4n) is 1.40. The summed E-state index contributed by atoms with van der Waals surface area (Å²) in [5.41, 5.74) is 1.38. The molecule has 1 aromatic carbocycles. The maximum Gasteiger partial charge on any atom is 0.142 e. The lowest BCUT2D eigenvalue weighted by atomic mass is 9.86. The molecule has 0 saturated carbocycles. The first kappa shape index (κ1) is 11.1. The molecule has 1 heteroatoms. The second-order valence-electron chi connectivity index (χ2n) is 4.76. The summed E-state index contributed by atoms with van der Waals surface area (Å²) in [6.45, 7) is 10.5. The first-order valence-corrected chi connectivity index (χ1v) is 4.99. The molecule has 0 unspecified atom stereocenters. The van der Waals surface area contributed by atoms with Crippen molar-refractivity contribution in [3.8, 4) is 5.75 Å². The maximum atomic E-state index is 5.69. The smallest absolute Gasteiger partial charge is 0.142 e. The molecule has 0 aliphatic heterocycles. The van der Waals surface area contributed by atoms with E-state index in [0.29, 0.717) is 0 Å². The molecule has 0 aliphatic rings. The minimum atomic E-state index is 0.131. The van der Waals surface area contributed by atoms with Crippen LogP contribution < -0.4 is 4.74 Å². The number of hydrogen-bond acceptors (Lipinski definition) is 1.